The van der Waals surface area contributed by atoms with Gasteiger partial charge in [-0.3, -0.25) is 9.59 Å². The fraction of sp³-hybridized carbons (Fsp3) is 0.375. The average molecular weight is 458 g/mol. The fourth-order valence-corrected chi connectivity index (χ4v) is 4.99. The lowest BCUT2D eigenvalue weighted by Crippen LogP contribution is -2.23. The van der Waals surface area contributed by atoms with Gasteiger partial charge in [0.15, 0.2) is 0 Å². The summed E-state index contributed by atoms with van der Waals surface area (Å²) < 4.78 is 15.7. The standard InChI is InChI=1S/C24H27NO6S/c1-4-30-23(27)17-10-7-11-18-20(17)21(24(28)31-5-2)22(32-18)25-19(26)13-12-15-8-6-9-16(14-15)29-3/h6,8-9,12-14,17H,4-5,7,10-11H2,1-3H3,(H,25,26)/b13-12+. The highest BCUT2D eigenvalue weighted by molar-refractivity contribution is 7.17. The maximum absolute atomic E-state index is 12.8. The van der Waals surface area contributed by atoms with Gasteiger partial charge in [-0.05, 0) is 62.4 Å². The van der Waals surface area contributed by atoms with Gasteiger partial charge in [0.05, 0.1) is 31.8 Å². The Bertz CT molecular complexity index is 1030. The molecule has 7 nitrogen and oxygen atoms in total. The zero-order chi connectivity index (χ0) is 23.1. The number of ether oxygens (including phenoxy) is 3. The minimum absolute atomic E-state index is 0.191. The summed E-state index contributed by atoms with van der Waals surface area (Å²) in [6, 6.07) is 7.31. The third kappa shape index (κ3) is 5.37. The molecular formula is C24H27NO6S. The smallest absolute Gasteiger partial charge is 0.341 e. The van der Waals surface area contributed by atoms with Crippen LogP contribution in [0.1, 0.15) is 59.0 Å². The van der Waals surface area contributed by atoms with Crippen LogP contribution < -0.4 is 10.1 Å². The van der Waals surface area contributed by atoms with Crippen LogP contribution in [0, 0.1) is 0 Å². The van der Waals surface area contributed by atoms with Crippen molar-refractivity contribution in [2.75, 3.05) is 25.6 Å². The van der Waals surface area contributed by atoms with E-state index in [2.05, 4.69) is 5.32 Å². The SMILES string of the molecule is CCOC(=O)c1c(NC(=O)/C=C/c2cccc(OC)c2)sc2c1C(C(=O)OCC)CCC2. The molecule has 1 aromatic carbocycles. The Morgan fingerprint density at radius 1 is 1.19 bits per heavy atom. The van der Waals surface area contributed by atoms with Crippen LogP contribution in [-0.2, 0) is 25.5 Å². The zero-order valence-corrected chi connectivity index (χ0v) is 19.3. The summed E-state index contributed by atoms with van der Waals surface area (Å²) in [5.41, 5.74) is 1.69. The van der Waals surface area contributed by atoms with Crippen molar-refractivity contribution in [2.45, 2.75) is 39.0 Å². The minimum atomic E-state index is -0.548. The molecule has 1 aromatic heterocycles. The van der Waals surface area contributed by atoms with E-state index < -0.39 is 11.9 Å². The number of carbonyl (C=O) groups excluding carboxylic acids is 3. The van der Waals surface area contributed by atoms with Gasteiger partial charge in [0, 0.05) is 11.0 Å². The Morgan fingerprint density at radius 2 is 1.97 bits per heavy atom. The molecule has 1 N–H and O–H groups in total. The predicted molar refractivity (Wildman–Crippen MR) is 123 cm³/mol. The van der Waals surface area contributed by atoms with E-state index >= 15 is 0 Å². The number of thiophene rings is 1. The first-order chi connectivity index (χ1) is 15.5. The second kappa shape index (κ2) is 10.9. The number of anilines is 1. The number of hydrogen-bond donors (Lipinski definition) is 1. The highest BCUT2D eigenvalue weighted by atomic mass is 32.1. The summed E-state index contributed by atoms with van der Waals surface area (Å²) in [5, 5.41) is 3.20. The number of carbonyl (C=O) groups is 3. The number of amides is 1. The van der Waals surface area contributed by atoms with Gasteiger partial charge in [-0.25, -0.2) is 4.79 Å². The van der Waals surface area contributed by atoms with Gasteiger partial charge < -0.3 is 19.5 Å². The first-order valence-corrected chi connectivity index (χ1v) is 11.4. The molecule has 0 spiro atoms. The van der Waals surface area contributed by atoms with Crippen LogP contribution in [-0.4, -0.2) is 38.2 Å². The van der Waals surface area contributed by atoms with E-state index in [1.807, 2.05) is 24.3 Å². The van der Waals surface area contributed by atoms with Crippen molar-refractivity contribution in [3.63, 3.8) is 0 Å². The fourth-order valence-electron chi connectivity index (χ4n) is 3.70. The van der Waals surface area contributed by atoms with Gasteiger partial charge in [-0.2, -0.15) is 0 Å². The molecule has 32 heavy (non-hydrogen) atoms. The van der Waals surface area contributed by atoms with Gasteiger partial charge in [-0.1, -0.05) is 12.1 Å². The van der Waals surface area contributed by atoms with Crippen molar-refractivity contribution in [3.8, 4) is 5.75 Å². The number of hydrogen-bond acceptors (Lipinski definition) is 7. The van der Waals surface area contributed by atoms with E-state index in [0.29, 0.717) is 22.7 Å². The van der Waals surface area contributed by atoms with Crippen molar-refractivity contribution < 1.29 is 28.6 Å². The van der Waals surface area contributed by atoms with Crippen LogP contribution in [0.15, 0.2) is 30.3 Å². The minimum Gasteiger partial charge on any atom is -0.497 e. The topological polar surface area (TPSA) is 90.9 Å². The molecule has 3 rings (SSSR count). The molecule has 1 amide bonds. The number of rotatable bonds is 8. The molecule has 0 saturated heterocycles. The molecule has 0 fully saturated rings. The maximum atomic E-state index is 12.8. The van der Waals surface area contributed by atoms with Crippen LogP contribution in [0.5, 0.6) is 5.75 Å². The molecule has 1 unspecified atom stereocenters. The number of aryl methyl sites for hydroxylation is 1. The number of esters is 2. The molecule has 1 heterocycles. The van der Waals surface area contributed by atoms with Crippen molar-refractivity contribution in [1.82, 2.24) is 0 Å². The molecular weight excluding hydrogens is 430 g/mol. The molecule has 8 heteroatoms. The second-order valence-corrected chi connectivity index (χ2v) is 8.26. The zero-order valence-electron chi connectivity index (χ0n) is 18.4. The summed E-state index contributed by atoms with van der Waals surface area (Å²) in [5.74, 6) is -1.13. The Kier molecular flexibility index (Phi) is 8.05. The number of methoxy groups -OCH3 is 1. The van der Waals surface area contributed by atoms with Gasteiger partial charge in [-0.15, -0.1) is 11.3 Å². The summed E-state index contributed by atoms with van der Waals surface area (Å²) in [4.78, 5) is 38.9. The van der Waals surface area contributed by atoms with E-state index in [9.17, 15) is 14.4 Å². The van der Waals surface area contributed by atoms with Crippen LogP contribution >= 0.6 is 11.3 Å². The summed E-state index contributed by atoms with van der Waals surface area (Å²) in [6.07, 6.45) is 5.19. The van der Waals surface area contributed by atoms with Crippen LogP contribution in [0.3, 0.4) is 0 Å². The normalized spacial score (nSPS) is 15.2. The molecule has 0 radical (unpaired) electrons. The van der Waals surface area contributed by atoms with E-state index in [1.54, 1.807) is 27.0 Å². The third-order valence-corrected chi connectivity index (χ3v) is 6.26. The quantitative estimate of drug-likeness (QED) is 0.461. The second-order valence-electron chi connectivity index (χ2n) is 7.16. The van der Waals surface area contributed by atoms with E-state index in [1.165, 1.54) is 17.4 Å². The lowest BCUT2D eigenvalue weighted by atomic mass is 9.85. The van der Waals surface area contributed by atoms with Gasteiger partial charge in [0.1, 0.15) is 10.8 Å². The molecule has 1 atom stereocenters. The van der Waals surface area contributed by atoms with Gasteiger partial charge in [0.2, 0.25) is 5.91 Å². The number of benzene rings is 1. The van der Waals surface area contributed by atoms with Gasteiger partial charge >= 0.3 is 11.9 Å². The molecule has 1 aliphatic carbocycles. The van der Waals surface area contributed by atoms with Crippen molar-refractivity contribution in [3.05, 3.63) is 51.9 Å². The number of fused-ring (bicyclic) bond motifs is 1. The maximum Gasteiger partial charge on any atom is 0.341 e. The average Bonchev–Trinajstić information content (AvgIpc) is 3.16. The first kappa shape index (κ1) is 23.5. The van der Waals surface area contributed by atoms with Gasteiger partial charge in [0.25, 0.3) is 0 Å². The summed E-state index contributed by atoms with van der Waals surface area (Å²) in [6.45, 7) is 3.93. The van der Waals surface area contributed by atoms with E-state index in [4.69, 9.17) is 14.2 Å². The van der Waals surface area contributed by atoms with Crippen molar-refractivity contribution in [2.24, 2.45) is 0 Å². The van der Waals surface area contributed by atoms with Crippen LogP contribution in [0.25, 0.3) is 6.08 Å². The number of nitrogens with one attached hydrogen (secondary N) is 1. The summed E-state index contributed by atoms with van der Waals surface area (Å²) in [7, 11) is 1.58. The Hall–Kier alpha value is -3.13. The molecule has 170 valence electrons. The van der Waals surface area contributed by atoms with Crippen molar-refractivity contribution in [1.29, 1.82) is 0 Å². The molecule has 0 saturated carbocycles. The molecule has 0 aliphatic heterocycles. The monoisotopic (exact) mass is 457 g/mol. The summed E-state index contributed by atoms with van der Waals surface area (Å²) >= 11 is 1.32. The predicted octanol–water partition coefficient (Wildman–Crippen LogP) is 4.57. The first-order valence-electron chi connectivity index (χ1n) is 10.6. The Balaban J connectivity index is 1.90. The lowest BCUT2D eigenvalue weighted by molar-refractivity contribution is -0.145. The van der Waals surface area contributed by atoms with Crippen molar-refractivity contribution >= 4 is 40.3 Å². The van der Waals surface area contributed by atoms with Crippen LogP contribution in [0.2, 0.25) is 0 Å². The third-order valence-electron chi connectivity index (χ3n) is 5.08. The Labute approximate surface area is 191 Å². The highest BCUT2D eigenvalue weighted by Crippen LogP contribution is 2.44. The Morgan fingerprint density at radius 3 is 2.69 bits per heavy atom. The van der Waals surface area contributed by atoms with E-state index in [-0.39, 0.29) is 30.7 Å². The largest absolute Gasteiger partial charge is 0.497 e. The van der Waals surface area contributed by atoms with E-state index in [0.717, 1.165) is 23.3 Å². The lowest BCUT2D eigenvalue weighted by Gasteiger charge is -2.22. The highest BCUT2D eigenvalue weighted by Gasteiger charge is 2.36. The molecule has 0 bridgehead atoms. The molecule has 2 aromatic rings. The van der Waals surface area contributed by atoms with Crippen LogP contribution in [0.4, 0.5) is 5.00 Å². The molecule has 1 aliphatic rings.